The maximum Gasteiger partial charge on any atom is 0.257 e. The van der Waals surface area contributed by atoms with E-state index in [4.69, 9.17) is 0 Å². The number of amides is 1. The molecule has 0 fully saturated rings. The van der Waals surface area contributed by atoms with Crippen molar-refractivity contribution in [3.05, 3.63) is 69.0 Å². The number of thiazole rings is 1. The van der Waals surface area contributed by atoms with Crippen LogP contribution in [0.5, 0.6) is 0 Å². The maximum atomic E-state index is 12.4. The highest BCUT2D eigenvalue weighted by molar-refractivity contribution is 9.10. The topological polar surface area (TPSA) is 76.1 Å². The number of hydrogen-bond donors (Lipinski definition) is 1. The third-order valence-electron chi connectivity index (χ3n) is 3.78. The molecule has 8 heteroatoms. The van der Waals surface area contributed by atoms with E-state index in [1.165, 1.54) is 17.6 Å². The van der Waals surface area contributed by atoms with Crippen molar-refractivity contribution in [1.29, 1.82) is 0 Å². The monoisotopic (exact) mass is 464 g/mol. The molecule has 140 valence electrons. The Morgan fingerprint density at radius 3 is 2.33 bits per heavy atom. The highest BCUT2D eigenvalue weighted by Gasteiger charge is 2.14. The largest absolute Gasteiger partial charge is 0.298 e. The average molecular weight is 465 g/mol. The normalized spacial score (nSPS) is 11.4. The van der Waals surface area contributed by atoms with Gasteiger partial charge in [0, 0.05) is 26.7 Å². The van der Waals surface area contributed by atoms with Crippen LogP contribution in [0.15, 0.2) is 53.0 Å². The standard InChI is InChI=1S/C19H17BrN2O3S2/c1-12-17(14-7-9-16(20)10-8-14)21-19(26-12)22-18(23)15-5-3-13(4-6-15)11-27(2,24)25/h3-10H,11H2,1-2H3,(H,21,22,23). The minimum Gasteiger partial charge on any atom is -0.298 e. The second kappa shape index (κ2) is 7.92. The summed E-state index contributed by atoms with van der Waals surface area (Å²) in [5.41, 5.74) is 2.92. The lowest BCUT2D eigenvalue weighted by Gasteiger charge is -2.04. The van der Waals surface area contributed by atoms with Crippen LogP contribution in [-0.2, 0) is 15.6 Å². The third kappa shape index (κ3) is 5.24. The summed E-state index contributed by atoms with van der Waals surface area (Å²) in [5, 5.41) is 3.33. The quantitative estimate of drug-likeness (QED) is 0.594. The molecule has 3 rings (SSSR count). The Morgan fingerprint density at radius 2 is 1.74 bits per heavy atom. The lowest BCUT2D eigenvalue weighted by atomic mass is 10.1. The van der Waals surface area contributed by atoms with Crippen LogP contribution in [0.25, 0.3) is 11.3 Å². The van der Waals surface area contributed by atoms with E-state index in [1.807, 2.05) is 31.2 Å². The average Bonchev–Trinajstić information content (AvgIpc) is 2.95. The molecule has 3 aromatic rings. The predicted octanol–water partition coefficient (Wildman–Crippen LogP) is 4.68. The molecule has 0 saturated carbocycles. The number of carbonyl (C=O) groups excluding carboxylic acids is 1. The van der Waals surface area contributed by atoms with Gasteiger partial charge in [-0.15, -0.1) is 11.3 Å². The minimum absolute atomic E-state index is 0.0445. The van der Waals surface area contributed by atoms with Crippen molar-refractivity contribution in [3.8, 4) is 11.3 Å². The molecule has 1 N–H and O–H groups in total. The maximum absolute atomic E-state index is 12.4. The zero-order valence-electron chi connectivity index (χ0n) is 14.7. The van der Waals surface area contributed by atoms with Crippen molar-refractivity contribution >= 4 is 48.1 Å². The van der Waals surface area contributed by atoms with Crippen molar-refractivity contribution in [3.63, 3.8) is 0 Å². The molecule has 0 radical (unpaired) electrons. The smallest absolute Gasteiger partial charge is 0.257 e. The number of aromatic nitrogens is 1. The second-order valence-corrected chi connectivity index (χ2v) is 10.4. The van der Waals surface area contributed by atoms with Crippen LogP contribution in [0, 0.1) is 6.92 Å². The SMILES string of the molecule is Cc1sc(NC(=O)c2ccc(CS(C)(=O)=O)cc2)nc1-c1ccc(Br)cc1. The lowest BCUT2D eigenvalue weighted by molar-refractivity contribution is 0.102. The van der Waals surface area contributed by atoms with Gasteiger partial charge in [-0.3, -0.25) is 10.1 Å². The fourth-order valence-corrected chi connectivity index (χ4v) is 4.44. The Balaban J connectivity index is 1.74. The Labute approximate surface area is 170 Å². The highest BCUT2D eigenvalue weighted by Crippen LogP contribution is 2.31. The zero-order chi connectivity index (χ0) is 19.6. The van der Waals surface area contributed by atoms with Gasteiger partial charge in [0.15, 0.2) is 15.0 Å². The Morgan fingerprint density at radius 1 is 1.11 bits per heavy atom. The van der Waals surface area contributed by atoms with Gasteiger partial charge in [0.25, 0.3) is 5.91 Å². The molecular weight excluding hydrogens is 448 g/mol. The van der Waals surface area contributed by atoms with Gasteiger partial charge in [0.2, 0.25) is 0 Å². The van der Waals surface area contributed by atoms with Gasteiger partial charge in [-0.2, -0.15) is 0 Å². The summed E-state index contributed by atoms with van der Waals surface area (Å²) >= 11 is 4.83. The molecule has 0 aliphatic carbocycles. The summed E-state index contributed by atoms with van der Waals surface area (Å²) in [6.07, 6.45) is 1.18. The summed E-state index contributed by atoms with van der Waals surface area (Å²) in [6.45, 7) is 1.96. The van der Waals surface area contributed by atoms with Crippen molar-refractivity contribution in [1.82, 2.24) is 4.98 Å². The van der Waals surface area contributed by atoms with Crippen LogP contribution in [0.1, 0.15) is 20.8 Å². The van der Waals surface area contributed by atoms with Crippen LogP contribution in [0.2, 0.25) is 0 Å². The number of benzene rings is 2. The van der Waals surface area contributed by atoms with E-state index in [0.717, 1.165) is 20.6 Å². The number of aryl methyl sites for hydroxylation is 1. The number of anilines is 1. The van der Waals surface area contributed by atoms with Crippen molar-refractivity contribution in [2.45, 2.75) is 12.7 Å². The van der Waals surface area contributed by atoms with E-state index in [1.54, 1.807) is 24.3 Å². The minimum atomic E-state index is -3.10. The van der Waals surface area contributed by atoms with Crippen LogP contribution >= 0.6 is 27.3 Å². The molecule has 0 unspecified atom stereocenters. The molecule has 0 aliphatic rings. The third-order valence-corrected chi connectivity index (χ3v) is 6.05. The van der Waals surface area contributed by atoms with E-state index in [9.17, 15) is 13.2 Å². The first-order valence-electron chi connectivity index (χ1n) is 8.03. The molecule has 2 aromatic carbocycles. The molecule has 27 heavy (non-hydrogen) atoms. The van der Waals surface area contributed by atoms with Gasteiger partial charge in [0.1, 0.15) is 0 Å². The Hall–Kier alpha value is -2.03. The first-order valence-corrected chi connectivity index (χ1v) is 11.7. The number of halogens is 1. The number of sulfone groups is 1. The lowest BCUT2D eigenvalue weighted by Crippen LogP contribution is -2.11. The van der Waals surface area contributed by atoms with Gasteiger partial charge >= 0.3 is 0 Å². The molecule has 0 bridgehead atoms. The fourth-order valence-electron chi connectivity index (χ4n) is 2.55. The summed E-state index contributed by atoms with van der Waals surface area (Å²) in [5.74, 6) is -0.325. The predicted molar refractivity (Wildman–Crippen MR) is 113 cm³/mol. The summed E-state index contributed by atoms with van der Waals surface area (Å²) in [4.78, 5) is 18.0. The highest BCUT2D eigenvalue weighted by atomic mass is 79.9. The van der Waals surface area contributed by atoms with Gasteiger partial charge in [-0.25, -0.2) is 13.4 Å². The van der Waals surface area contributed by atoms with Crippen molar-refractivity contribution < 1.29 is 13.2 Å². The van der Waals surface area contributed by atoms with E-state index >= 15 is 0 Å². The van der Waals surface area contributed by atoms with E-state index < -0.39 is 9.84 Å². The van der Waals surface area contributed by atoms with Gasteiger partial charge in [-0.1, -0.05) is 40.2 Å². The van der Waals surface area contributed by atoms with Crippen molar-refractivity contribution in [2.75, 3.05) is 11.6 Å². The zero-order valence-corrected chi connectivity index (χ0v) is 17.9. The van der Waals surface area contributed by atoms with Gasteiger partial charge in [0.05, 0.1) is 11.4 Å². The summed E-state index contributed by atoms with van der Waals surface area (Å²) in [7, 11) is -3.10. The Bertz CT molecular complexity index is 1070. The first-order chi connectivity index (χ1) is 12.7. The van der Waals surface area contributed by atoms with Crippen LogP contribution < -0.4 is 5.32 Å². The molecule has 0 saturated heterocycles. The van der Waals surface area contributed by atoms with Gasteiger partial charge < -0.3 is 0 Å². The summed E-state index contributed by atoms with van der Waals surface area (Å²) in [6, 6.07) is 14.4. The first kappa shape index (κ1) is 19.7. The Kier molecular flexibility index (Phi) is 5.78. The van der Waals surface area contributed by atoms with E-state index in [2.05, 4.69) is 26.2 Å². The molecule has 5 nitrogen and oxygen atoms in total. The summed E-state index contributed by atoms with van der Waals surface area (Å²) < 4.78 is 23.7. The molecule has 0 atom stereocenters. The molecule has 1 heterocycles. The van der Waals surface area contributed by atoms with E-state index in [-0.39, 0.29) is 11.7 Å². The molecular formula is C19H17BrN2O3S2. The number of carbonyl (C=O) groups is 1. The fraction of sp³-hybridized carbons (Fsp3) is 0.158. The van der Waals surface area contributed by atoms with Crippen LogP contribution in [0.4, 0.5) is 5.13 Å². The molecule has 0 spiro atoms. The van der Waals surface area contributed by atoms with Crippen LogP contribution in [-0.4, -0.2) is 25.6 Å². The van der Waals surface area contributed by atoms with Crippen molar-refractivity contribution in [2.24, 2.45) is 0 Å². The number of nitrogens with one attached hydrogen (secondary N) is 1. The number of rotatable bonds is 5. The molecule has 1 amide bonds. The number of hydrogen-bond acceptors (Lipinski definition) is 5. The second-order valence-electron chi connectivity index (χ2n) is 6.15. The molecule has 1 aromatic heterocycles. The van der Waals surface area contributed by atoms with E-state index in [0.29, 0.717) is 16.3 Å². The molecule has 0 aliphatic heterocycles. The van der Waals surface area contributed by atoms with Gasteiger partial charge in [-0.05, 0) is 36.8 Å². The van der Waals surface area contributed by atoms with Crippen LogP contribution in [0.3, 0.4) is 0 Å². The number of nitrogens with zero attached hydrogens (tertiary/aromatic N) is 1.